The van der Waals surface area contributed by atoms with Crippen LogP contribution in [-0.2, 0) is 0 Å². The van der Waals surface area contributed by atoms with E-state index in [0.29, 0.717) is 5.69 Å². The first-order valence-electron chi connectivity index (χ1n) is 5.27. The van der Waals surface area contributed by atoms with Gasteiger partial charge in [0.25, 0.3) is 5.91 Å². The second kappa shape index (κ2) is 4.83. The maximum absolute atomic E-state index is 13.5. The molecule has 0 fully saturated rings. The van der Waals surface area contributed by atoms with Crippen molar-refractivity contribution in [1.29, 1.82) is 0 Å². The number of primary amides is 1. The maximum Gasteiger partial charge on any atom is 0.254 e. The fourth-order valence-electron chi connectivity index (χ4n) is 1.57. The first kappa shape index (κ1) is 12.0. The lowest BCUT2D eigenvalue weighted by Gasteiger charge is -2.10. The molecule has 2 aromatic rings. The van der Waals surface area contributed by atoms with E-state index < -0.39 is 11.7 Å². The molecule has 92 valence electrons. The van der Waals surface area contributed by atoms with E-state index in [2.05, 4.69) is 4.98 Å². The van der Waals surface area contributed by atoms with E-state index >= 15 is 0 Å². The van der Waals surface area contributed by atoms with Crippen LogP contribution in [0.15, 0.2) is 36.5 Å². The summed E-state index contributed by atoms with van der Waals surface area (Å²) in [6.07, 6.45) is 1.47. The summed E-state index contributed by atoms with van der Waals surface area (Å²) in [4.78, 5) is 15.3. The minimum atomic E-state index is -0.660. The number of benzene rings is 1. The number of amides is 1. The van der Waals surface area contributed by atoms with Crippen LogP contribution in [0, 0.1) is 12.7 Å². The van der Waals surface area contributed by atoms with Crippen LogP contribution in [0.1, 0.15) is 16.1 Å². The Labute approximate surface area is 103 Å². The predicted molar refractivity (Wildman–Crippen MR) is 64.0 cm³/mol. The van der Waals surface area contributed by atoms with E-state index in [1.165, 1.54) is 24.4 Å². The van der Waals surface area contributed by atoms with Crippen molar-refractivity contribution in [3.05, 3.63) is 53.6 Å². The van der Waals surface area contributed by atoms with Gasteiger partial charge >= 0.3 is 0 Å². The summed E-state index contributed by atoms with van der Waals surface area (Å²) in [5.41, 5.74) is 5.85. The molecule has 1 amide bonds. The highest BCUT2D eigenvalue weighted by molar-refractivity contribution is 5.96. The third-order valence-electron chi connectivity index (χ3n) is 2.41. The highest BCUT2D eigenvalue weighted by atomic mass is 19.1. The number of carbonyl (C=O) groups is 1. The van der Waals surface area contributed by atoms with Gasteiger partial charge in [0.2, 0.25) is 0 Å². The minimum absolute atomic E-state index is 0.0330. The number of aryl methyl sites for hydroxylation is 1. The number of hydrogen-bond donors (Lipinski definition) is 1. The molecule has 0 radical (unpaired) electrons. The van der Waals surface area contributed by atoms with Gasteiger partial charge in [-0.2, -0.15) is 0 Å². The molecule has 0 aliphatic carbocycles. The van der Waals surface area contributed by atoms with E-state index in [9.17, 15) is 9.18 Å². The van der Waals surface area contributed by atoms with Gasteiger partial charge in [0.1, 0.15) is 11.3 Å². The molecule has 0 atom stereocenters. The normalized spacial score (nSPS) is 10.1. The molecule has 0 aliphatic heterocycles. The van der Waals surface area contributed by atoms with Gasteiger partial charge in [0.15, 0.2) is 11.6 Å². The first-order valence-corrected chi connectivity index (χ1v) is 5.27. The van der Waals surface area contributed by atoms with Gasteiger partial charge in [-0.05, 0) is 25.1 Å². The predicted octanol–water partition coefficient (Wildman–Crippen LogP) is 2.42. The summed E-state index contributed by atoms with van der Waals surface area (Å²) in [6.45, 7) is 1.63. The molecule has 0 saturated carbocycles. The average molecular weight is 246 g/mol. The van der Waals surface area contributed by atoms with E-state index in [-0.39, 0.29) is 17.1 Å². The zero-order chi connectivity index (χ0) is 13.1. The number of hydrogen-bond acceptors (Lipinski definition) is 3. The molecule has 2 N–H and O–H groups in total. The fraction of sp³-hybridized carbons (Fsp3) is 0.0769. The van der Waals surface area contributed by atoms with Crippen molar-refractivity contribution in [2.24, 2.45) is 5.73 Å². The summed E-state index contributed by atoms with van der Waals surface area (Å²) < 4.78 is 18.8. The minimum Gasteiger partial charge on any atom is -0.453 e. The molecule has 0 bridgehead atoms. The van der Waals surface area contributed by atoms with E-state index in [1.54, 1.807) is 19.1 Å². The van der Waals surface area contributed by atoms with Gasteiger partial charge in [-0.3, -0.25) is 9.78 Å². The van der Waals surface area contributed by atoms with Crippen LogP contribution in [0.25, 0.3) is 0 Å². The number of nitrogens with two attached hydrogens (primary N) is 1. The second-order valence-electron chi connectivity index (χ2n) is 3.67. The molecular weight excluding hydrogens is 235 g/mol. The topological polar surface area (TPSA) is 65.2 Å². The number of carbonyl (C=O) groups excluding carboxylic acids is 1. The van der Waals surface area contributed by atoms with Crippen LogP contribution in [0.3, 0.4) is 0 Å². The molecule has 1 aromatic heterocycles. The second-order valence-corrected chi connectivity index (χ2v) is 3.67. The Bertz CT molecular complexity index is 599. The monoisotopic (exact) mass is 246 g/mol. The fourth-order valence-corrected chi connectivity index (χ4v) is 1.57. The Hall–Kier alpha value is -2.43. The molecule has 0 aliphatic rings. The van der Waals surface area contributed by atoms with Gasteiger partial charge < -0.3 is 10.5 Å². The lowest BCUT2D eigenvalue weighted by Crippen LogP contribution is -2.14. The molecule has 18 heavy (non-hydrogen) atoms. The number of aromatic nitrogens is 1. The van der Waals surface area contributed by atoms with Crippen LogP contribution in [0.4, 0.5) is 4.39 Å². The van der Waals surface area contributed by atoms with Crippen molar-refractivity contribution in [3.8, 4) is 11.5 Å². The SMILES string of the molecule is Cc1nccc(Oc2ccccc2F)c1C(N)=O. The molecule has 0 unspecified atom stereocenters. The van der Waals surface area contributed by atoms with Crippen LogP contribution in [0.5, 0.6) is 11.5 Å². The van der Waals surface area contributed by atoms with Crippen molar-refractivity contribution >= 4 is 5.91 Å². The number of nitrogens with zero attached hydrogens (tertiary/aromatic N) is 1. The van der Waals surface area contributed by atoms with Crippen LogP contribution in [0.2, 0.25) is 0 Å². The summed E-state index contributed by atoms with van der Waals surface area (Å²) in [6, 6.07) is 7.40. The van der Waals surface area contributed by atoms with Crippen LogP contribution in [-0.4, -0.2) is 10.9 Å². The maximum atomic E-state index is 13.5. The van der Waals surface area contributed by atoms with Gasteiger partial charge in [0.05, 0.1) is 5.69 Å². The molecule has 5 heteroatoms. The van der Waals surface area contributed by atoms with Crippen molar-refractivity contribution in [2.45, 2.75) is 6.92 Å². The van der Waals surface area contributed by atoms with Gasteiger partial charge in [0, 0.05) is 6.20 Å². The number of pyridine rings is 1. The third-order valence-corrected chi connectivity index (χ3v) is 2.41. The Morgan fingerprint density at radius 1 is 1.28 bits per heavy atom. The highest BCUT2D eigenvalue weighted by Gasteiger charge is 2.15. The molecule has 0 saturated heterocycles. The van der Waals surface area contributed by atoms with Gasteiger partial charge in [-0.15, -0.1) is 0 Å². The molecule has 4 nitrogen and oxygen atoms in total. The largest absolute Gasteiger partial charge is 0.453 e. The van der Waals surface area contributed by atoms with Crippen molar-refractivity contribution in [2.75, 3.05) is 0 Å². The van der Waals surface area contributed by atoms with E-state index in [4.69, 9.17) is 10.5 Å². The van der Waals surface area contributed by atoms with Crippen LogP contribution < -0.4 is 10.5 Å². The third kappa shape index (κ3) is 2.29. The number of halogens is 1. The molecule has 2 rings (SSSR count). The lowest BCUT2D eigenvalue weighted by molar-refractivity contribution is 0.0997. The Morgan fingerprint density at radius 2 is 2.00 bits per heavy atom. The summed E-state index contributed by atoms with van der Waals surface area (Å²) >= 11 is 0. The smallest absolute Gasteiger partial charge is 0.254 e. The quantitative estimate of drug-likeness (QED) is 0.904. The summed E-state index contributed by atoms with van der Waals surface area (Å²) in [5, 5.41) is 0. The summed E-state index contributed by atoms with van der Waals surface area (Å²) in [7, 11) is 0. The lowest BCUT2D eigenvalue weighted by atomic mass is 10.2. The Kier molecular flexibility index (Phi) is 3.23. The van der Waals surface area contributed by atoms with Crippen LogP contribution >= 0.6 is 0 Å². The Balaban J connectivity index is 2.44. The standard InChI is InChI=1S/C13H11FN2O2/c1-8-12(13(15)17)11(6-7-16-8)18-10-5-3-2-4-9(10)14/h2-7H,1H3,(H2,15,17). The van der Waals surface area contributed by atoms with Crippen molar-refractivity contribution < 1.29 is 13.9 Å². The molecule has 1 heterocycles. The molecule has 0 spiro atoms. The number of rotatable bonds is 3. The zero-order valence-corrected chi connectivity index (χ0v) is 9.68. The molecule has 1 aromatic carbocycles. The first-order chi connectivity index (χ1) is 8.59. The van der Waals surface area contributed by atoms with Crippen molar-refractivity contribution in [3.63, 3.8) is 0 Å². The highest BCUT2D eigenvalue weighted by Crippen LogP contribution is 2.27. The van der Waals surface area contributed by atoms with Gasteiger partial charge in [-0.25, -0.2) is 4.39 Å². The van der Waals surface area contributed by atoms with E-state index in [1.807, 2.05) is 0 Å². The zero-order valence-electron chi connectivity index (χ0n) is 9.68. The Morgan fingerprint density at radius 3 is 2.67 bits per heavy atom. The number of ether oxygens (including phenoxy) is 1. The van der Waals surface area contributed by atoms with Gasteiger partial charge in [-0.1, -0.05) is 12.1 Å². The molecular formula is C13H11FN2O2. The number of para-hydroxylation sites is 1. The van der Waals surface area contributed by atoms with E-state index in [0.717, 1.165) is 0 Å². The summed E-state index contributed by atoms with van der Waals surface area (Å²) in [5.74, 6) is -0.944. The van der Waals surface area contributed by atoms with Crippen molar-refractivity contribution in [1.82, 2.24) is 4.98 Å². The average Bonchev–Trinajstić information content (AvgIpc) is 2.31.